The number of rotatable bonds is 6. The van der Waals surface area contributed by atoms with Gasteiger partial charge >= 0.3 is 6.03 Å². The summed E-state index contributed by atoms with van der Waals surface area (Å²) in [5, 5.41) is 5.91. The molecule has 0 saturated heterocycles. The average Bonchev–Trinajstić information content (AvgIpc) is 2.84. The summed E-state index contributed by atoms with van der Waals surface area (Å²) < 4.78 is 26.8. The van der Waals surface area contributed by atoms with Gasteiger partial charge in [-0.2, -0.15) is 0 Å². The van der Waals surface area contributed by atoms with Gasteiger partial charge in [0.1, 0.15) is 0 Å². The number of sulfone groups is 1. The predicted molar refractivity (Wildman–Crippen MR) is 129 cm³/mol. The zero-order valence-corrected chi connectivity index (χ0v) is 19.0. The number of nitrogens with one attached hydrogen (secondary N) is 2. The zero-order chi connectivity index (χ0) is 23.3. The molecule has 3 aromatic carbocycles. The molecule has 0 radical (unpaired) electrons. The van der Waals surface area contributed by atoms with E-state index in [1.165, 1.54) is 12.1 Å². The minimum Gasteiger partial charge on any atom is -0.334 e. The van der Waals surface area contributed by atoms with Gasteiger partial charge in [0.05, 0.1) is 9.79 Å². The van der Waals surface area contributed by atoms with Crippen LogP contribution in [0, 0.1) is 0 Å². The van der Waals surface area contributed by atoms with E-state index in [-0.39, 0.29) is 9.79 Å². The first-order valence-corrected chi connectivity index (χ1v) is 11.9. The predicted octanol–water partition coefficient (Wildman–Crippen LogP) is 5.56. The highest BCUT2D eigenvalue weighted by Gasteiger charge is 2.22. The average molecular weight is 478 g/mol. The molecule has 4 aromatic rings. The van der Waals surface area contributed by atoms with Gasteiger partial charge in [-0.1, -0.05) is 48.0 Å². The van der Waals surface area contributed by atoms with Crippen molar-refractivity contribution in [1.82, 2.24) is 10.3 Å². The third kappa shape index (κ3) is 5.22. The molecule has 0 unspecified atom stereocenters. The van der Waals surface area contributed by atoms with Crippen LogP contribution in [0.5, 0.6) is 0 Å². The van der Waals surface area contributed by atoms with Gasteiger partial charge in [-0.15, -0.1) is 0 Å². The van der Waals surface area contributed by atoms with Crippen LogP contribution < -0.4 is 10.6 Å². The lowest BCUT2D eigenvalue weighted by molar-refractivity contribution is 0.251. The van der Waals surface area contributed by atoms with Crippen molar-refractivity contribution in [3.63, 3.8) is 0 Å². The number of aromatic nitrogens is 1. The molecule has 6 nitrogen and oxygen atoms in total. The monoisotopic (exact) mass is 477 g/mol. The van der Waals surface area contributed by atoms with Gasteiger partial charge < -0.3 is 10.6 Å². The summed E-state index contributed by atoms with van der Waals surface area (Å²) in [4.78, 5) is 16.4. The Morgan fingerprint density at radius 2 is 1.45 bits per heavy atom. The molecule has 0 spiro atoms. The highest BCUT2D eigenvalue weighted by atomic mass is 35.5. The summed E-state index contributed by atoms with van der Waals surface area (Å²) in [7, 11) is -3.82. The molecule has 166 valence electrons. The number of benzene rings is 3. The largest absolute Gasteiger partial charge is 0.334 e. The van der Waals surface area contributed by atoms with Gasteiger partial charge in [-0.25, -0.2) is 13.2 Å². The van der Waals surface area contributed by atoms with Crippen LogP contribution in [0.25, 0.3) is 11.1 Å². The number of amides is 2. The summed E-state index contributed by atoms with van der Waals surface area (Å²) in [5.41, 5.74) is 2.56. The zero-order valence-electron chi connectivity index (χ0n) is 17.4. The number of hydrogen-bond donors (Lipinski definition) is 2. The van der Waals surface area contributed by atoms with E-state index < -0.39 is 15.9 Å². The quantitative estimate of drug-likeness (QED) is 0.380. The summed E-state index contributed by atoms with van der Waals surface area (Å²) >= 11 is 6.32. The number of pyridine rings is 1. The second kappa shape index (κ2) is 9.85. The van der Waals surface area contributed by atoms with Gasteiger partial charge in [-0.3, -0.25) is 4.98 Å². The number of carbonyl (C=O) groups is 1. The Labute approximate surface area is 197 Å². The fourth-order valence-corrected chi connectivity index (χ4v) is 5.02. The topological polar surface area (TPSA) is 88.2 Å². The van der Waals surface area contributed by atoms with Crippen molar-refractivity contribution in [1.29, 1.82) is 0 Å². The van der Waals surface area contributed by atoms with E-state index in [1.54, 1.807) is 79.1 Å². The van der Waals surface area contributed by atoms with E-state index in [0.717, 1.165) is 5.56 Å². The molecule has 0 bridgehead atoms. The highest BCUT2D eigenvalue weighted by molar-refractivity contribution is 7.91. The number of anilines is 1. The smallest absolute Gasteiger partial charge is 0.319 e. The molecule has 33 heavy (non-hydrogen) atoms. The molecule has 8 heteroatoms. The van der Waals surface area contributed by atoms with Gasteiger partial charge in [-0.05, 0) is 54.1 Å². The summed E-state index contributed by atoms with van der Waals surface area (Å²) in [6, 6.07) is 23.1. The summed E-state index contributed by atoms with van der Waals surface area (Å²) in [6.07, 6.45) is 3.30. The van der Waals surface area contributed by atoms with E-state index >= 15 is 0 Å². The maximum absolute atomic E-state index is 13.4. The molecule has 0 aliphatic heterocycles. The van der Waals surface area contributed by atoms with Crippen LogP contribution in [0.4, 0.5) is 10.5 Å². The lowest BCUT2D eigenvalue weighted by Gasteiger charge is -2.13. The number of carbonyl (C=O) groups excluding carboxylic acids is 1. The lowest BCUT2D eigenvalue weighted by atomic mass is 10.1. The molecule has 0 fully saturated rings. The van der Waals surface area contributed by atoms with E-state index in [0.29, 0.717) is 28.4 Å². The number of hydrogen-bond acceptors (Lipinski definition) is 4. The van der Waals surface area contributed by atoms with Crippen molar-refractivity contribution in [3.05, 3.63) is 108 Å². The van der Waals surface area contributed by atoms with Crippen molar-refractivity contribution in [3.8, 4) is 11.1 Å². The molecule has 0 saturated carbocycles. The van der Waals surface area contributed by atoms with Crippen LogP contribution in [0.15, 0.2) is 107 Å². The SMILES string of the molecule is O=C(NCc1ccncc1)Nc1ccc(S(=O)(=O)c2ccccc2-c2ccccc2Cl)cc1. The van der Waals surface area contributed by atoms with Crippen molar-refractivity contribution in [2.45, 2.75) is 16.3 Å². The summed E-state index contributed by atoms with van der Waals surface area (Å²) in [5.74, 6) is 0. The number of halogens is 1. The van der Waals surface area contributed by atoms with Crippen LogP contribution in [0.2, 0.25) is 5.02 Å². The molecule has 2 N–H and O–H groups in total. The van der Waals surface area contributed by atoms with Crippen molar-refractivity contribution in [2.24, 2.45) is 0 Å². The van der Waals surface area contributed by atoms with Crippen LogP contribution in [0.1, 0.15) is 5.56 Å². The fourth-order valence-electron chi connectivity index (χ4n) is 3.31. The van der Waals surface area contributed by atoms with E-state index in [2.05, 4.69) is 15.6 Å². The third-order valence-electron chi connectivity index (χ3n) is 4.97. The second-order valence-electron chi connectivity index (χ2n) is 7.17. The molecule has 2 amide bonds. The Morgan fingerprint density at radius 1 is 0.818 bits per heavy atom. The molecule has 4 rings (SSSR count). The van der Waals surface area contributed by atoms with Gasteiger partial charge in [0.15, 0.2) is 0 Å². The summed E-state index contributed by atoms with van der Waals surface area (Å²) in [6.45, 7) is 0.347. The Balaban J connectivity index is 1.52. The van der Waals surface area contributed by atoms with Gasteiger partial charge in [0.25, 0.3) is 0 Å². The Morgan fingerprint density at radius 3 is 2.15 bits per heavy atom. The van der Waals surface area contributed by atoms with Gasteiger partial charge in [0, 0.05) is 40.8 Å². The number of nitrogens with zero attached hydrogens (tertiary/aromatic N) is 1. The van der Waals surface area contributed by atoms with E-state index in [9.17, 15) is 13.2 Å². The minimum absolute atomic E-state index is 0.116. The van der Waals surface area contributed by atoms with Crippen LogP contribution in [-0.2, 0) is 16.4 Å². The van der Waals surface area contributed by atoms with Crippen molar-refractivity contribution in [2.75, 3.05) is 5.32 Å². The third-order valence-corrected chi connectivity index (χ3v) is 7.12. The first-order chi connectivity index (χ1) is 15.9. The molecule has 0 aliphatic rings. The van der Waals surface area contributed by atoms with Crippen molar-refractivity contribution < 1.29 is 13.2 Å². The molecule has 0 atom stereocenters. The molecule has 1 aromatic heterocycles. The van der Waals surface area contributed by atoms with E-state index in [1.807, 2.05) is 6.07 Å². The first kappa shape index (κ1) is 22.5. The standard InChI is InChI=1S/C25H20ClN3O3S/c26-23-7-3-1-5-21(23)22-6-2-4-8-24(22)33(31,32)20-11-9-19(10-12-20)29-25(30)28-17-18-13-15-27-16-14-18/h1-16H,17H2,(H2,28,29,30). The fraction of sp³-hybridized carbons (Fsp3) is 0.0400. The van der Waals surface area contributed by atoms with Gasteiger partial charge in [0.2, 0.25) is 9.84 Å². The van der Waals surface area contributed by atoms with Crippen LogP contribution >= 0.6 is 11.6 Å². The Hall–Kier alpha value is -3.68. The maximum atomic E-state index is 13.4. The van der Waals surface area contributed by atoms with Crippen LogP contribution in [0.3, 0.4) is 0 Å². The van der Waals surface area contributed by atoms with Crippen LogP contribution in [-0.4, -0.2) is 19.4 Å². The first-order valence-electron chi connectivity index (χ1n) is 10.1. The molecular weight excluding hydrogens is 458 g/mol. The maximum Gasteiger partial charge on any atom is 0.319 e. The van der Waals surface area contributed by atoms with Crippen molar-refractivity contribution >= 4 is 33.2 Å². The second-order valence-corrected chi connectivity index (χ2v) is 9.49. The normalized spacial score (nSPS) is 11.1. The molecular formula is C25H20ClN3O3S. The Kier molecular flexibility index (Phi) is 6.72. The molecule has 0 aliphatic carbocycles. The highest BCUT2D eigenvalue weighted by Crippen LogP contribution is 2.35. The minimum atomic E-state index is -3.82. The number of urea groups is 1. The molecule has 1 heterocycles. The van der Waals surface area contributed by atoms with E-state index in [4.69, 9.17) is 11.6 Å². The Bertz CT molecular complexity index is 1380. The lowest BCUT2D eigenvalue weighted by Crippen LogP contribution is -2.28.